The number of aromatic amines is 1. The van der Waals surface area contributed by atoms with E-state index in [0.717, 1.165) is 55.1 Å². The van der Waals surface area contributed by atoms with E-state index in [1.54, 1.807) is 0 Å². The van der Waals surface area contributed by atoms with E-state index in [2.05, 4.69) is 51.5 Å². The molecule has 32 heavy (non-hydrogen) atoms. The summed E-state index contributed by atoms with van der Waals surface area (Å²) in [7, 11) is 0. The Morgan fingerprint density at radius 2 is 1.84 bits per heavy atom. The van der Waals surface area contributed by atoms with Crippen LogP contribution in [0.4, 0.5) is 0 Å². The number of benzene rings is 2. The third-order valence-corrected chi connectivity index (χ3v) is 6.42. The third-order valence-electron chi connectivity index (χ3n) is 6.42. The van der Waals surface area contributed by atoms with Crippen LogP contribution in [0.5, 0.6) is 0 Å². The molecule has 1 atom stereocenters. The van der Waals surface area contributed by atoms with Gasteiger partial charge in [0.25, 0.3) is 0 Å². The number of unbranched alkanes of at least 4 members (excludes halogenated alkanes) is 1. The monoisotopic (exact) mass is 419 g/mol. The molecule has 0 saturated carbocycles. The summed E-state index contributed by atoms with van der Waals surface area (Å²) in [5.74, 6) is 0. The number of nitrogens with zero attached hydrogens (tertiary/aromatic N) is 3. The van der Waals surface area contributed by atoms with Gasteiger partial charge in [-0.2, -0.15) is 10.5 Å². The summed E-state index contributed by atoms with van der Waals surface area (Å²) in [4.78, 5) is 3.32. The van der Waals surface area contributed by atoms with Crippen LogP contribution in [0.15, 0.2) is 60.9 Å². The van der Waals surface area contributed by atoms with E-state index >= 15 is 0 Å². The molecule has 0 amide bonds. The predicted octanol–water partition coefficient (Wildman–Crippen LogP) is 5.48. The maximum Gasteiger partial charge on any atom is 0.0991 e. The molecule has 2 aromatic heterocycles. The van der Waals surface area contributed by atoms with Crippen LogP contribution in [0.3, 0.4) is 0 Å². The highest BCUT2D eigenvalue weighted by atomic mass is 15.0. The molecule has 1 aliphatic rings. The molecule has 0 bridgehead atoms. The van der Waals surface area contributed by atoms with Crippen LogP contribution in [0.1, 0.15) is 42.4 Å². The Kier molecular flexibility index (Phi) is 5.50. The van der Waals surface area contributed by atoms with Gasteiger partial charge in [0.1, 0.15) is 0 Å². The molecule has 3 heterocycles. The van der Waals surface area contributed by atoms with Gasteiger partial charge < -0.3 is 14.9 Å². The highest BCUT2D eigenvalue weighted by Crippen LogP contribution is 2.26. The van der Waals surface area contributed by atoms with Crippen molar-refractivity contribution in [3.05, 3.63) is 77.6 Å². The van der Waals surface area contributed by atoms with Crippen LogP contribution in [0.2, 0.25) is 0 Å². The SMILES string of the molecule is N#Cc1ccc2c(ccn2C2=CC(CCCCc3c[nH]c4ccc(C#N)cc34)NCC2)c1. The summed E-state index contributed by atoms with van der Waals surface area (Å²) in [6.07, 6.45) is 11.9. The minimum Gasteiger partial charge on any atom is -0.361 e. The molecule has 2 N–H and O–H groups in total. The summed E-state index contributed by atoms with van der Waals surface area (Å²) in [6.45, 7) is 0.978. The largest absolute Gasteiger partial charge is 0.361 e. The molecule has 1 unspecified atom stereocenters. The molecule has 158 valence electrons. The average Bonchev–Trinajstić information content (AvgIpc) is 3.45. The van der Waals surface area contributed by atoms with E-state index in [1.807, 2.05) is 36.4 Å². The van der Waals surface area contributed by atoms with Crippen molar-refractivity contribution in [2.24, 2.45) is 0 Å². The second-order valence-electron chi connectivity index (χ2n) is 8.47. The van der Waals surface area contributed by atoms with Gasteiger partial charge in [-0.3, -0.25) is 0 Å². The van der Waals surface area contributed by atoms with Crippen molar-refractivity contribution in [1.29, 1.82) is 10.5 Å². The number of fused-ring (bicyclic) bond motifs is 2. The number of H-pyrrole nitrogens is 1. The fraction of sp³-hybridized carbons (Fsp3) is 0.259. The van der Waals surface area contributed by atoms with E-state index in [1.165, 1.54) is 16.6 Å². The summed E-state index contributed by atoms with van der Waals surface area (Å²) < 4.78 is 2.27. The van der Waals surface area contributed by atoms with Gasteiger partial charge in [0, 0.05) is 53.4 Å². The molecule has 5 heteroatoms. The van der Waals surface area contributed by atoms with E-state index < -0.39 is 0 Å². The normalized spacial score (nSPS) is 16.1. The highest BCUT2D eigenvalue weighted by molar-refractivity contribution is 5.85. The number of hydrogen-bond acceptors (Lipinski definition) is 3. The van der Waals surface area contributed by atoms with Crippen molar-refractivity contribution in [2.75, 3.05) is 6.54 Å². The fourth-order valence-electron chi connectivity index (χ4n) is 4.74. The quantitative estimate of drug-likeness (QED) is 0.406. The lowest BCUT2D eigenvalue weighted by Gasteiger charge is -2.24. The zero-order valence-corrected chi connectivity index (χ0v) is 17.9. The second-order valence-corrected chi connectivity index (χ2v) is 8.47. The first-order chi connectivity index (χ1) is 15.7. The van der Waals surface area contributed by atoms with Crippen molar-refractivity contribution >= 4 is 27.5 Å². The molecule has 4 aromatic rings. The van der Waals surface area contributed by atoms with E-state index in [9.17, 15) is 0 Å². The standard InChI is InChI=1S/C27H25N5/c28-16-19-6-8-27-21(13-19)10-12-32(27)24-9-11-30-23(15-24)4-2-1-3-22-18-31-26-7-5-20(17-29)14-25(22)26/h5-8,10,12-15,18,23,30-31H,1-4,9,11H2. The first-order valence-electron chi connectivity index (χ1n) is 11.2. The predicted molar refractivity (Wildman–Crippen MR) is 128 cm³/mol. The molecule has 0 radical (unpaired) electrons. The molecule has 2 aromatic carbocycles. The Morgan fingerprint density at radius 1 is 1.00 bits per heavy atom. The van der Waals surface area contributed by atoms with E-state index in [-0.39, 0.29) is 0 Å². The van der Waals surface area contributed by atoms with Gasteiger partial charge in [-0.1, -0.05) is 6.42 Å². The molecule has 0 saturated heterocycles. The van der Waals surface area contributed by atoms with Crippen molar-refractivity contribution in [2.45, 2.75) is 38.1 Å². The molecule has 1 aliphatic heterocycles. The van der Waals surface area contributed by atoms with Gasteiger partial charge in [-0.05, 0) is 73.4 Å². The van der Waals surface area contributed by atoms with E-state index in [0.29, 0.717) is 17.2 Å². The fourth-order valence-corrected chi connectivity index (χ4v) is 4.74. The average molecular weight is 420 g/mol. The number of aryl methyl sites for hydroxylation is 1. The summed E-state index contributed by atoms with van der Waals surface area (Å²) in [5.41, 5.74) is 6.29. The van der Waals surface area contributed by atoms with Gasteiger partial charge in [-0.15, -0.1) is 0 Å². The van der Waals surface area contributed by atoms with E-state index in [4.69, 9.17) is 10.5 Å². The molecule has 0 fully saturated rings. The van der Waals surface area contributed by atoms with Gasteiger partial charge >= 0.3 is 0 Å². The summed E-state index contributed by atoms with van der Waals surface area (Å²) in [6, 6.07) is 18.6. The number of nitriles is 2. The number of nitrogens with one attached hydrogen (secondary N) is 2. The van der Waals surface area contributed by atoms with Crippen molar-refractivity contribution in [3.63, 3.8) is 0 Å². The van der Waals surface area contributed by atoms with Crippen LogP contribution >= 0.6 is 0 Å². The van der Waals surface area contributed by atoms with Crippen molar-refractivity contribution in [1.82, 2.24) is 14.9 Å². The molecular formula is C27H25N5. The minimum absolute atomic E-state index is 0.378. The topological polar surface area (TPSA) is 80.3 Å². The molecule has 0 spiro atoms. The van der Waals surface area contributed by atoms with Gasteiger partial charge in [0.05, 0.1) is 28.8 Å². The molecular weight excluding hydrogens is 394 g/mol. The third kappa shape index (κ3) is 3.91. The van der Waals surface area contributed by atoms with Gasteiger partial charge in [0.15, 0.2) is 0 Å². The zero-order chi connectivity index (χ0) is 21.9. The van der Waals surface area contributed by atoms with Crippen molar-refractivity contribution in [3.8, 4) is 12.1 Å². The number of rotatable bonds is 6. The lowest BCUT2D eigenvalue weighted by atomic mass is 10.0. The van der Waals surface area contributed by atoms with Crippen LogP contribution < -0.4 is 5.32 Å². The number of hydrogen-bond donors (Lipinski definition) is 2. The lowest BCUT2D eigenvalue weighted by Crippen LogP contribution is -2.32. The van der Waals surface area contributed by atoms with Crippen LogP contribution in [0.25, 0.3) is 27.5 Å². The van der Waals surface area contributed by atoms with Crippen LogP contribution in [-0.4, -0.2) is 22.1 Å². The highest BCUT2D eigenvalue weighted by Gasteiger charge is 2.15. The summed E-state index contributed by atoms with van der Waals surface area (Å²) in [5, 5.41) is 24.2. The lowest BCUT2D eigenvalue weighted by molar-refractivity contribution is 0.515. The maximum absolute atomic E-state index is 9.17. The molecule has 0 aliphatic carbocycles. The maximum atomic E-state index is 9.17. The van der Waals surface area contributed by atoms with Gasteiger partial charge in [0.2, 0.25) is 0 Å². The Bertz CT molecular complexity index is 1390. The Morgan fingerprint density at radius 3 is 2.72 bits per heavy atom. The first kappa shape index (κ1) is 20.1. The van der Waals surface area contributed by atoms with Gasteiger partial charge in [-0.25, -0.2) is 0 Å². The number of aromatic nitrogens is 2. The second kappa shape index (κ2) is 8.75. The van der Waals surface area contributed by atoms with Crippen molar-refractivity contribution < 1.29 is 0 Å². The Hall–Kier alpha value is -3.80. The van der Waals surface area contributed by atoms with Crippen LogP contribution in [-0.2, 0) is 6.42 Å². The Balaban J connectivity index is 1.23. The zero-order valence-electron chi connectivity index (χ0n) is 17.9. The smallest absolute Gasteiger partial charge is 0.0991 e. The molecule has 5 nitrogen and oxygen atoms in total. The minimum atomic E-state index is 0.378. The Labute approximate surface area is 187 Å². The molecule has 5 rings (SSSR count). The first-order valence-corrected chi connectivity index (χ1v) is 11.2. The van der Waals surface area contributed by atoms with Crippen LogP contribution in [0, 0.1) is 22.7 Å². The summed E-state index contributed by atoms with van der Waals surface area (Å²) >= 11 is 0.